The molecule has 71 valence electrons. The number of hydrogen-bond acceptors (Lipinski definition) is 4. The van der Waals surface area contributed by atoms with Crippen molar-refractivity contribution in [1.29, 1.82) is 0 Å². The van der Waals surface area contributed by atoms with Crippen LogP contribution < -0.4 is 0 Å². The molecule has 14 heavy (non-hydrogen) atoms. The molecule has 0 spiro atoms. The van der Waals surface area contributed by atoms with Gasteiger partial charge in [-0.2, -0.15) is 0 Å². The molecular weight excluding hydrogens is 186 g/mol. The molecule has 5 heteroatoms. The quantitative estimate of drug-likeness (QED) is 0.530. The Kier molecular flexibility index (Phi) is 2.06. The molecule has 0 bridgehead atoms. The Labute approximate surface area is 79.7 Å². The fourth-order valence-electron chi connectivity index (χ4n) is 1.20. The van der Waals surface area contributed by atoms with E-state index in [1.807, 2.05) is 0 Å². The summed E-state index contributed by atoms with van der Waals surface area (Å²) < 4.78 is 9.86. The van der Waals surface area contributed by atoms with E-state index in [1.165, 1.54) is 12.3 Å². The van der Waals surface area contributed by atoms with Gasteiger partial charge >= 0.3 is 0 Å². The molecule has 0 amide bonds. The van der Waals surface area contributed by atoms with Gasteiger partial charge in [0.05, 0.1) is 4.92 Å². The summed E-state index contributed by atoms with van der Waals surface area (Å²) in [5.74, 6) is 0. The summed E-state index contributed by atoms with van der Waals surface area (Å²) in [4.78, 5) is 10.2. The maximum absolute atomic E-state index is 10.6. The van der Waals surface area contributed by atoms with Crippen LogP contribution >= 0.6 is 0 Å². The zero-order valence-corrected chi connectivity index (χ0v) is 7.04. The van der Waals surface area contributed by atoms with Crippen LogP contribution in [-0.4, -0.2) is 4.92 Å². The van der Waals surface area contributed by atoms with E-state index in [2.05, 4.69) is 6.26 Å². The first kappa shape index (κ1) is 8.55. The number of nitro groups is 1. The van der Waals surface area contributed by atoms with Crippen molar-refractivity contribution >= 4 is 5.69 Å². The molecule has 0 aromatic heterocycles. The second kappa shape index (κ2) is 3.37. The molecule has 1 heterocycles. The fraction of sp³-hybridized carbons (Fsp3) is 0.111. The first-order valence-electron chi connectivity index (χ1n) is 3.90. The highest BCUT2D eigenvalue weighted by molar-refractivity contribution is 5.40. The molecule has 0 saturated carbocycles. The van der Waals surface area contributed by atoms with Crippen LogP contribution in [0.1, 0.15) is 11.9 Å². The standard InChI is InChI=1S/C9H6NO4/c11-10(12)8-4-2-1-3-7(8)9-13-5-6-14-9/h1-5,9H. The van der Waals surface area contributed by atoms with Gasteiger partial charge in [0.1, 0.15) is 11.8 Å². The van der Waals surface area contributed by atoms with Crippen molar-refractivity contribution in [3.8, 4) is 0 Å². The Hall–Kier alpha value is -2.04. The van der Waals surface area contributed by atoms with Gasteiger partial charge in [0.2, 0.25) is 6.26 Å². The molecule has 1 unspecified atom stereocenters. The average molecular weight is 192 g/mol. The monoisotopic (exact) mass is 192 g/mol. The number of benzene rings is 1. The summed E-state index contributed by atoms with van der Waals surface area (Å²) in [5.41, 5.74) is 0.369. The lowest BCUT2D eigenvalue weighted by Gasteiger charge is -2.09. The van der Waals surface area contributed by atoms with Crippen LogP contribution in [0.4, 0.5) is 5.69 Å². The molecule has 1 aliphatic heterocycles. The summed E-state index contributed by atoms with van der Waals surface area (Å²) in [6.45, 7) is 0. The van der Waals surface area contributed by atoms with Gasteiger partial charge in [-0.15, -0.1) is 0 Å². The molecular formula is C9H6NO4. The highest BCUT2D eigenvalue weighted by Crippen LogP contribution is 2.30. The summed E-state index contributed by atoms with van der Waals surface area (Å²) >= 11 is 0. The normalized spacial score (nSPS) is 14.9. The van der Waals surface area contributed by atoms with Crippen LogP contribution in [0.3, 0.4) is 0 Å². The topological polar surface area (TPSA) is 61.6 Å². The number of rotatable bonds is 2. The highest BCUT2D eigenvalue weighted by Gasteiger charge is 2.25. The van der Waals surface area contributed by atoms with E-state index in [4.69, 9.17) is 9.47 Å². The van der Waals surface area contributed by atoms with Gasteiger partial charge in [-0.3, -0.25) is 10.1 Å². The Morgan fingerprint density at radius 3 is 2.86 bits per heavy atom. The van der Waals surface area contributed by atoms with E-state index in [0.717, 1.165) is 0 Å². The number of hydrogen-bond donors (Lipinski definition) is 0. The Balaban J connectivity index is 2.36. The van der Waals surface area contributed by atoms with E-state index in [1.54, 1.807) is 18.2 Å². The lowest BCUT2D eigenvalue weighted by Crippen LogP contribution is -2.02. The molecule has 1 aliphatic rings. The number of ether oxygens (including phenoxy) is 2. The molecule has 1 aromatic rings. The lowest BCUT2D eigenvalue weighted by atomic mass is 10.2. The van der Waals surface area contributed by atoms with Crippen LogP contribution in [0.2, 0.25) is 0 Å². The molecule has 0 aliphatic carbocycles. The minimum atomic E-state index is -0.753. The van der Waals surface area contributed by atoms with Crippen molar-refractivity contribution in [3.05, 3.63) is 52.5 Å². The molecule has 2 rings (SSSR count). The highest BCUT2D eigenvalue weighted by atomic mass is 16.7. The zero-order valence-electron chi connectivity index (χ0n) is 7.04. The first-order chi connectivity index (χ1) is 6.79. The summed E-state index contributed by atoms with van der Waals surface area (Å²) in [6, 6.07) is 6.27. The molecule has 0 fully saturated rings. The van der Waals surface area contributed by atoms with Gasteiger partial charge in [0, 0.05) is 6.07 Å². The molecule has 1 radical (unpaired) electrons. The van der Waals surface area contributed by atoms with Gasteiger partial charge in [-0.1, -0.05) is 12.1 Å². The van der Waals surface area contributed by atoms with Gasteiger partial charge < -0.3 is 9.47 Å². The second-order valence-corrected chi connectivity index (χ2v) is 2.64. The number of nitrogens with zero attached hydrogens (tertiary/aromatic N) is 1. The van der Waals surface area contributed by atoms with Crippen molar-refractivity contribution in [3.63, 3.8) is 0 Å². The Bertz CT molecular complexity index is 380. The largest absolute Gasteiger partial charge is 0.454 e. The van der Waals surface area contributed by atoms with Crippen molar-refractivity contribution in [2.24, 2.45) is 0 Å². The van der Waals surface area contributed by atoms with Crippen LogP contribution in [0.5, 0.6) is 0 Å². The first-order valence-corrected chi connectivity index (χ1v) is 3.90. The summed E-state index contributed by atoms with van der Waals surface area (Å²) in [5, 5.41) is 10.6. The van der Waals surface area contributed by atoms with Gasteiger partial charge in [0.15, 0.2) is 0 Å². The second-order valence-electron chi connectivity index (χ2n) is 2.64. The number of para-hydroxylation sites is 1. The minimum absolute atomic E-state index is 0.0189. The van der Waals surface area contributed by atoms with E-state index >= 15 is 0 Å². The predicted molar refractivity (Wildman–Crippen MR) is 45.8 cm³/mol. The van der Waals surface area contributed by atoms with E-state index in [-0.39, 0.29) is 5.69 Å². The van der Waals surface area contributed by atoms with Crippen LogP contribution in [0.25, 0.3) is 0 Å². The minimum Gasteiger partial charge on any atom is -0.454 e. The molecule has 5 nitrogen and oxygen atoms in total. The maximum atomic E-state index is 10.6. The third-order valence-corrected chi connectivity index (χ3v) is 1.80. The van der Waals surface area contributed by atoms with Crippen molar-refractivity contribution in [1.82, 2.24) is 0 Å². The van der Waals surface area contributed by atoms with Crippen molar-refractivity contribution in [2.45, 2.75) is 6.29 Å². The van der Waals surface area contributed by atoms with E-state index < -0.39 is 11.2 Å². The fourth-order valence-corrected chi connectivity index (χ4v) is 1.20. The number of nitro benzene ring substituents is 1. The molecule has 1 aromatic carbocycles. The van der Waals surface area contributed by atoms with Gasteiger partial charge in [-0.25, -0.2) is 0 Å². The molecule has 0 saturated heterocycles. The van der Waals surface area contributed by atoms with E-state index in [0.29, 0.717) is 5.56 Å². The smallest absolute Gasteiger partial charge is 0.280 e. The van der Waals surface area contributed by atoms with Crippen LogP contribution in [-0.2, 0) is 9.47 Å². The van der Waals surface area contributed by atoms with E-state index in [9.17, 15) is 10.1 Å². The Morgan fingerprint density at radius 2 is 2.21 bits per heavy atom. The van der Waals surface area contributed by atoms with Gasteiger partial charge in [-0.05, 0) is 6.07 Å². The zero-order chi connectivity index (χ0) is 9.97. The third-order valence-electron chi connectivity index (χ3n) is 1.80. The van der Waals surface area contributed by atoms with Crippen molar-refractivity contribution in [2.75, 3.05) is 0 Å². The summed E-state index contributed by atoms with van der Waals surface area (Å²) in [7, 11) is 0. The summed E-state index contributed by atoms with van der Waals surface area (Å²) in [6.07, 6.45) is 2.85. The van der Waals surface area contributed by atoms with Crippen molar-refractivity contribution < 1.29 is 14.4 Å². The van der Waals surface area contributed by atoms with Crippen LogP contribution in [0.15, 0.2) is 30.5 Å². The Morgan fingerprint density at radius 1 is 1.43 bits per heavy atom. The third kappa shape index (κ3) is 1.39. The van der Waals surface area contributed by atoms with Gasteiger partial charge in [0.25, 0.3) is 12.0 Å². The average Bonchev–Trinajstić information content (AvgIpc) is 2.70. The van der Waals surface area contributed by atoms with Crippen LogP contribution in [0, 0.1) is 16.4 Å². The molecule has 0 N–H and O–H groups in total. The lowest BCUT2D eigenvalue weighted by molar-refractivity contribution is -0.386. The predicted octanol–water partition coefficient (Wildman–Crippen LogP) is 1.91. The molecule has 1 atom stereocenters. The SMILES string of the molecule is O=[N+]([O-])c1ccccc1C1O[C]=CO1. The maximum Gasteiger partial charge on any atom is 0.280 e.